The van der Waals surface area contributed by atoms with E-state index in [1.54, 1.807) is 31.3 Å². The Balaban J connectivity index is 1.59. The van der Waals surface area contributed by atoms with Gasteiger partial charge in [0.05, 0.1) is 10.6 Å². The van der Waals surface area contributed by atoms with Gasteiger partial charge in [0.25, 0.3) is 15.9 Å². The summed E-state index contributed by atoms with van der Waals surface area (Å²) in [5, 5.41) is 15.1. The molecule has 4 rings (SSSR count). The van der Waals surface area contributed by atoms with E-state index in [0.29, 0.717) is 17.8 Å². The zero-order valence-electron chi connectivity index (χ0n) is 19.3. The highest BCUT2D eigenvalue weighted by Crippen LogP contribution is 2.30. The van der Waals surface area contributed by atoms with Gasteiger partial charge in [0.1, 0.15) is 17.3 Å². The lowest BCUT2D eigenvalue weighted by Gasteiger charge is -2.13. The third-order valence-electron chi connectivity index (χ3n) is 5.24. The van der Waals surface area contributed by atoms with Crippen LogP contribution in [0.5, 0.6) is 11.5 Å². The van der Waals surface area contributed by atoms with Gasteiger partial charge < -0.3 is 20.5 Å². The molecule has 4 aromatic rings. The van der Waals surface area contributed by atoms with Crippen LogP contribution in [-0.4, -0.2) is 37.1 Å². The molecular weight excluding hydrogens is 485 g/mol. The molecule has 0 atom stereocenters. The first kappa shape index (κ1) is 25.0. The predicted octanol–water partition coefficient (Wildman–Crippen LogP) is 3.97. The first-order chi connectivity index (χ1) is 17.3. The van der Waals surface area contributed by atoms with E-state index in [0.717, 1.165) is 3.97 Å². The van der Waals surface area contributed by atoms with Crippen molar-refractivity contribution in [2.24, 2.45) is 0 Å². The molecule has 3 N–H and O–H groups in total. The Morgan fingerprint density at radius 3 is 2.56 bits per heavy atom. The number of ether oxygens (including phenoxy) is 1. The molecule has 0 saturated carbocycles. The van der Waals surface area contributed by atoms with Crippen LogP contribution >= 0.6 is 0 Å². The van der Waals surface area contributed by atoms with Gasteiger partial charge in [-0.05, 0) is 55.1 Å². The Morgan fingerprint density at radius 1 is 1.03 bits per heavy atom. The van der Waals surface area contributed by atoms with Gasteiger partial charge in [-0.25, -0.2) is 16.8 Å². The maximum Gasteiger partial charge on any atom is 0.268 e. The minimum absolute atomic E-state index is 0.00395. The monoisotopic (exact) mass is 509 g/mol. The maximum absolute atomic E-state index is 14.6. The highest BCUT2D eigenvalue weighted by molar-refractivity contribution is 7.90. The van der Waals surface area contributed by atoms with E-state index in [2.05, 4.69) is 10.6 Å². The van der Waals surface area contributed by atoms with Crippen molar-refractivity contribution in [3.05, 3.63) is 96.4 Å². The molecule has 186 valence electrons. The zero-order valence-corrected chi connectivity index (χ0v) is 20.1. The van der Waals surface area contributed by atoms with Crippen molar-refractivity contribution in [2.45, 2.75) is 11.4 Å². The first-order valence-electron chi connectivity index (χ1n) is 11.0. The van der Waals surface area contributed by atoms with E-state index in [1.165, 1.54) is 60.8 Å². The lowest BCUT2D eigenvalue weighted by Crippen LogP contribution is -2.20. The molecule has 10 heteroatoms. The van der Waals surface area contributed by atoms with E-state index in [1.807, 2.05) is 0 Å². The fraction of sp³-hybridized carbons (Fsp3) is 0.115. The topological polar surface area (TPSA) is 110 Å². The molecule has 0 fully saturated rings. The second-order valence-electron chi connectivity index (χ2n) is 7.91. The van der Waals surface area contributed by atoms with Crippen LogP contribution in [0.4, 0.5) is 10.1 Å². The van der Waals surface area contributed by atoms with Crippen molar-refractivity contribution in [1.82, 2.24) is 9.29 Å². The average Bonchev–Trinajstić information content (AvgIpc) is 3.28. The zero-order chi connectivity index (χ0) is 25.7. The number of phenols is 1. The second kappa shape index (κ2) is 10.6. The number of anilines is 1. The SMILES string of the molecule is CNCc1cc(-c2ccccc2F)n(S(=O)(=O)c2cccc(OCC(=O)Nc3cccc(O)c3)c2)c1. The first-order valence-corrected chi connectivity index (χ1v) is 12.4. The highest BCUT2D eigenvalue weighted by Gasteiger charge is 2.23. The second-order valence-corrected chi connectivity index (χ2v) is 9.72. The van der Waals surface area contributed by atoms with Crippen molar-refractivity contribution in [3.63, 3.8) is 0 Å². The summed E-state index contributed by atoms with van der Waals surface area (Å²) in [6.07, 6.45) is 1.45. The van der Waals surface area contributed by atoms with Gasteiger partial charge in [0, 0.05) is 36.1 Å². The van der Waals surface area contributed by atoms with Gasteiger partial charge >= 0.3 is 0 Å². The number of benzene rings is 3. The van der Waals surface area contributed by atoms with Gasteiger partial charge in [-0.15, -0.1) is 0 Å². The van der Waals surface area contributed by atoms with Crippen molar-refractivity contribution >= 4 is 21.6 Å². The summed E-state index contributed by atoms with van der Waals surface area (Å²) in [7, 11) is -2.40. The van der Waals surface area contributed by atoms with Gasteiger partial charge in [-0.1, -0.05) is 24.3 Å². The number of carbonyl (C=O) groups excluding carboxylic acids is 1. The summed E-state index contributed by atoms with van der Waals surface area (Å²) < 4.78 is 48.3. The van der Waals surface area contributed by atoms with Gasteiger partial charge in [0.15, 0.2) is 6.61 Å². The van der Waals surface area contributed by atoms with Crippen LogP contribution in [-0.2, 0) is 21.4 Å². The summed E-state index contributed by atoms with van der Waals surface area (Å²) in [6, 6.07) is 19.4. The molecule has 0 saturated heterocycles. The molecule has 0 bridgehead atoms. The van der Waals surface area contributed by atoms with Gasteiger partial charge in [0.2, 0.25) is 0 Å². The number of amides is 1. The van der Waals surface area contributed by atoms with Crippen molar-refractivity contribution in [3.8, 4) is 22.8 Å². The number of aromatic nitrogens is 1. The van der Waals surface area contributed by atoms with Crippen LogP contribution in [0.2, 0.25) is 0 Å². The van der Waals surface area contributed by atoms with Crippen LogP contribution < -0.4 is 15.4 Å². The number of carbonyl (C=O) groups is 1. The molecule has 3 aromatic carbocycles. The Bertz CT molecular complexity index is 1500. The number of phenolic OH excluding ortho intramolecular Hbond substituents is 1. The third kappa shape index (κ3) is 5.56. The molecule has 0 spiro atoms. The summed E-state index contributed by atoms with van der Waals surface area (Å²) in [5.74, 6) is -0.864. The third-order valence-corrected chi connectivity index (χ3v) is 6.91. The molecule has 1 amide bonds. The van der Waals surface area contributed by atoms with Gasteiger partial charge in [-0.3, -0.25) is 4.79 Å². The Hall–Kier alpha value is -4.15. The molecule has 1 heterocycles. The predicted molar refractivity (Wildman–Crippen MR) is 134 cm³/mol. The fourth-order valence-corrected chi connectivity index (χ4v) is 5.06. The van der Waals surface area contributed by atoms with E-state index >= 15 is 0 Å². The summed E-state index contributed by atoms with van der Waals surface area (Å²) in [5.41, 5.74) is 1.40. The van der Waals surface area contributed by atoms with Crippen molar-refractivity contribution in [1.29, 1.82) is 0 Å². The standard InChI is InChI=1S/C26H24FN3O5S/c1-28-15-18-12-25(23-10-2-3-11-24(23)27)30(16-18)36(33,34)22-9-5-8-21(14-22)35-17-26(32)29-19-6-4-7-20(31)13-19/h2-14,16,28,31H,15,17H2,1H3,(H,29,32). The Morgan fingerprint density at radius 2 is 1.81 bits per heavy atom. The molecule has 0 aliphatic carbocycles. The van der Waals surface area contributed by atoms with E-state index in [-0.39, 0.29) is 34.3 Å². The number of halogens is 1. The fourth-order valence-electron chi connectivity index (χ4n) is 3.63. The Labute approximate surface area is 208 Å². The minimum atomic E-state index is -4.13. The normalized spacial score (nSPS) is 11.3. The molecule has 36 heavy (non-hydrogen) atoms. The number of aromatic hydroxyl groups is 1. The molecule has 8 nitrogen and oxygen atoms in total. The quantitative estimate of drug-likeness (QED) is 0.315. The molecule has 0 radical (unpaired) electrons. The lowest BCUT2D eigenvalue weighted by molar-refractivity contribution is -0.118. The maximum atomic E-state index is 14.6. The van der Waals surface area contributed by atoms with Crippen LogP contribution in [0.1, 0.15) is 5.56 Å². The minimum Gasteiger partial charge on any atom is -0.508 e. The number of nitrogens with one attached hydrogen (secondary N) is 2. The molecule has 0 aliphatic rings. The van der Waals surface area contributed by atoms with E-state index < -0.39 is 21.7 Å². The average molecular weight is 510 g/mol. The van der Waals surface area contributed by atoms with Crippen LogP contribution in [0, 0.1) is 5.82 Å². The number of hydrogen-bond acceptors (Lipinski definition) is 6. The largest absolute Gasteiger partial charge is 0.508 e. The number of rotatable bonds is 9. The number of nitrogens with zero attached hydrogens (tertiary/aromatic N) is 1. The smallest absolute Gasteiger partial charge is 0.268 e. The summed E-state index contributed by atoms with van der Waals surface area (Å²) >= 11 is 0. The van der Waals surface area contributed by atoms with Crippen LogP contribution in [0.15, 0.2) is 90.0 Å². The van der Waals surface area contributed by atoms with Crippen LogP contribution in [0.3, 0.4) is 0 Å². The van der Waals surface area contributed by atoms with Crippen molar-refractivity contribution < 1.29 is 27.4 Å². The highest BCUT2D eigenvalue weighted by atomic mass is 32.2. The summed E-state index contributed by atoms with van der Waals surface area (Å²) in [6.45, 7) is 0.0108. The molecule has 0 aliphatic heterocycles. The van der Waals surface area contributed by atoms with Crippen LogP contribution in [0.25, 0.3) is 11.3 Å². The molecule has 1 aromatic heterocycles. The molecular formula is C26H24FN3O5S. The van der Waals surface area contributed by atoms with E-state index in [4.69, 9.17) is 4.74 Å². The Kier molecular flexibility index (Phi) is 7.37. The summed E-state index contributed by atoms with van der Waals surface area (Å²) in [4.78, 5) is 12.1. The molecule has 0 unspecified atom stereocenters. The lowest BCUT2D eigenvalue weighted by atomic mass is 10.1. The number of hydrogen-bond donors (Lipinski definition) is 3. The van der Waals surface area contributed by atoms with E-state index in [9.17, 15) is 22.7 Å². The van der Waals surface area contributed by atoms with Gasteiger partial charge in [-0.2, -0.15) is 0 Å². The van der Waals surface area contributed by atoms with Crippen molar-refractivity contribution in [2.75, 3.05) is 19.0 Å².